The zero-order chi connectivity index (χ0) is 30.5. The Balaban J connectivity index is 1.88. The molecule has 3 heterocycles. The summed E-state index contributed by atoms with van der Waals surface area (Å²) in [6.07, 6.45) is 2.02. The Bertz CT molecular complexity index is 1750. The van der Waals surface area contributed by atoms with Crippen LogP contribution in [0, 0.1) is 5.41 Å². The summed E-state index contributed by atoms with van der Waals surface area (Å²) in [5.41, 5.74) is 1.22. The van der Waals surface area contributed by atoms with Gasteiger partial charge in [0.05, 0.1) is 45.5 Å². The van der Waals surface area contributed by atoms with Gasteiger partial charge in [-0.2, -0.15) is 8.78 Å². The number of carboxylic acids is 1. The van der Waals surface area contributed by atoms with E-state index in [1.165, 1.54) is 38.0 Å². The summed E-state index contributed by atoms with van der Waals surface area (Å²) in [5.74, 6) is -0.567. The third-order valence-corrected chi connectivity index (χ3v) is 7.63. The minimum Gasteiger partial charge on any atom is -0.497 e. The Morgan fingerprint density at radius 1 is 1.07 bits per heavy atom. The smallest absolute Gasteiger partial charge is 0.387 e. The van der Waals surface area contributed by atoms with E-state index in [2.05, 4.69) is 0 Å². The zero-order valence-electron chi connectivity index (χ0n) is 24.0. The first kappa shape index (κ1) is 28.9. The maximum Gasteiger partial charge on any atom is 0.387 e. The molecular formula is C30H31F2N3O7. The third kappa shape index (κ3) is 4.90. The van der Waals surface area contributed by atoms with Crippen LogP contribution >= 0.6 is 0 Å². The van der Waals surface area contributed by atoms with Crippen LogP contribution in [-0.4, -0.2) is 53.0 Å². The monoisotopic (exact) mass is 583 g/mol. The van der Waals surface area contributed by atoms with Gasteiger partial charge >= 0.3 is 12.6 Å². The number of rotatable bonds is 8. The summed E-state index contributed by atoms with van der Waals surface area (Å²) in [4.78, 5) is 30.9. The summed E-state index contributed by atoms with van der Waals surface area (Å²) in [6.45, 7) is 2.89. The van der Waals surface area contributed by atoms with Crippen molar-refractivity contribution >= 4 is 11.6 Å². The van der Waals surface area contributed by atoms with Crippen LogP contribution in [-0.2, 0) is 13.0 Å². The average molecular weight is 584 g/mol. The number of alkyl halides is 2. The van der Waals surface area contributed by atoms with Gasteiger partial charge in [0.2, 0.25) is 0 Å². The van der Waals surface area contributed by atoms with Gasteiger partial charge in [0.1, 0.15) is 28.5 Å². The van der Waals surface area contributed by atoms with Crippen molar-refractivity contribution in [3.05, 3.63) is 69.3 Å². The molecule has 0 saturated heterocycles. The number of ether oxygens (including phenoxy) is 4. The largest absolute Gasteiger partial charge is 0.497 e. The molecule has 1 atom stereocenters. The standard InChI is InChI=1S/C30H31F2N3O7/c1-30(2,3)20-12-21-24(33-26-23(42-29(31)32)10-17(40-5)14-34(21)26)25-18(20)11-19(28(37)38)27(36)35(25)13-15-7-8-16(39-4)9-22(15)41-6/h7-11,14,20,29H,12-13H2,1-6H3,(H,37,38)/t20-/m1/s1. The molecule has 0 spiro atoms. The lowest BCUT2D eigenvalue weighted by molar-refractivity contribution is -0.0492. The highest BCUT2D eigenvalue weighted by Crippen LogP contribution is 2.48. The molecule has 12 heteroatoms. The molecule has 42 heavy (non-hydrogen) atoms. The molecular weight excluding hydrogens is 552 g/mol. The lowest BCUT2D eigenvalue weighted by Gasteiger charge is -2.36. The second-order valence-electron chi connectivity index (χ2n) is 11.1. The van der Waals surface area contributed by atoms with Crippen molar-refractivity contribution in [2.75, 3.05) is 21.3 Å². The maximum absolute atomic E-state index is 13.8. The number of benzene rings is 1. The topological polar surface area (TPSA) is 114 Å². The summed E-state index contributed by atoms with van der Waals surface area (Å²) in [6, 6.07) is 7.86. The van der Waals surface area contributed by atoms with E-state index in [-0.39, 0.29) is 35.2 Å². The summed E-state index contributed by atoms with van der Waals surface area (Å²) < 4.78 is 50.9. The number of carboxylic acid groups (broad SMARTS) is 1. The molecule has 0 radical (unpaired) electrons. The second kappa shape index (κ2) is 10.7. The van der Waals surface area contributed by atoms with Crippen molar-refractivity contribution in [1.29, 1.82) is 0 Å². The van der Waals surface area contributed by atoms with Crippen molar-refractivity contribution in [2.45, 2.75) is 46.3 Å². The number of imidazole rings is 1. The van der Waals surface area contributed by atoms with Gasteiger partial charge in [0.25, 0.3) is 5.56 Å². The van der Waals surface area contributed by atoms with Crippen LogP contribution in [0.4, 0.5) is 8.78 Å². The first-order valence-corrected chi connectivity index (χ1v) is 13.1. The maximum atomic E-state index is 13.8. The molecule has 0 amide bonds. The molecule has 1 aliphatic rings. The van der Waals surface area contributed by atoms with E-state index in [1.54, 1.807) is 28.8 Å². The summed E-state index contributed by atoms with van der Waals surface area (Å²) in [7, 11) is 4.42. The fourth-order valence-corrected chi connectivity index (χ4v) is 5.57. The average Bonchev–Trinajstić information content (AvgIpc) is 3.31. The van der Waals surface area contributed by atoms with Gasteiger partial charge in [-0.3, -0.25) is 9.20 Å². The van der Waals surface area contributed by atoms with E-state index in [0.717, 1.165) is 0 Å². The van der Waals surface area contributed by atoms with Crippen molar-refractivity contribution in [3.63, 3.8) is 0 Å². The molecule has 3 aromatic heterocycles. The minimum atomic E-state index is -3.11. The summed E-state index contributed by atoms with van der Waals surface area (Å²) >= 11 is 0. The number of fused-ring (bicyclic) bond motifs is 5. The van der Waals surface area contributed by atoms with Crippen LogP contribution in [0.25, 0.3) is 17.0 Å². The number of hydrogen-bond donors (Lipinski definition) is 1. The molecule has 4 aromatic rings. The predicted octanol–water partition coefficient (Wildman–Crippen LogP) is 5.22. The molecule has 0 unspecified atom stereocenters. The van der Waals surface area contributed by atoms with Gasteiger partial charge in [0.15, 0.2) is 11.4 Å². The highest BCUT2D eigenvalue weighted by atomic mass is 19.3. The Hall–Kier alpha value is -4.61. The fraction of sp³-hybridized carbons (Fsp3) is 0.367. The van der Waals surface area contributed by atoms with E-state index >= 15 is 0 Å². The minimum absolute atomic E-state index is 0.0522. The Labute approximate surface area is 240 Å². The second-order valence-corrected chi connectivity index (χ2v) is 11.1. The molecule has 222 valence electrons. The Kier molecular flexibility index (Phi) is 7.33. The van der Waals surface area contributed by atoms with Crippen LogP contribution in [0.2, 0.25) is 0 Å². The van der Waals surface area contributed by atoms with E-state index in [4.69, 9.17) is 23.9 Å². The molecule has 0 saturated carbocycles. The van der Waals surface area contributed by atoms with Gasteiger partial charge in [-0.05, 0) is 41.5 Å². The van der Waals surface area contributed by atoms with Gasteiger partial charge in [-0.1, -0.05) is 20.8 Å². The van der Waals surface area contributed by atoms with Crippen molar-refractivity contribution in [1.82, 2.24) is 14.0 Å². The molecule has 1 N–H and O–H groups in total. The van der Waals surface area contributed by atoms with Crippen LogP contribution in [0.3, 0.4) is 0 Å². The van der Waals surface area contributed by atoms with Crippen LogP contribution in [0.5, 0.6) is 23.0 Å². The van der Waals surface area contributed by atoms with Crippen molar-refractivity contribution < 1.29 is 37.6 Å². The SMILES string of the molecule is COc1ccc(Cn2c3c(cc(C(=O)O)c2=O)[C@H](C(C)(C)C)Cc2c-3nc3c(OC(F)F)cc(OC)cn23)c(OC)c1. The number of nitrogens with zero attached hydrogens (tertiary/aromatic N) is 3. The van der Waals surface area contributed by atoms with Gasteiger partial charge in [-0.25, -0.2) is 9.78 Å². The highest BCUT2D eigenvalue weighted by Gasteiger charge is 2.39. The van der Waals surface area contributed by atoms with E-state index < -0.39 is 23.6 Å². The number of aromatic nitrogens is 3. The van der Waals surface area contributed by atoms with Crippen LogP contribution < -0.4 is 24.5 Å². The molecule has 10 nitrogen and oxygen atoms in total. The lowest BCUT2D eigenvalue weighted by Crippen LogP contribution is -2.34. The Morgan fingerprint density at radius 2 is 1.76 bits per heavy atom. The van der Waals surface area contributed by atoms with Gasteiger partial charge in [0, 0.05) is 17.7 Å². The van der Waals surface area contributed by atoms with E-state index in [1.807, 2.05) is 20.8 Å². The van der Waals surface area contributed by atoms with E-state index in [9.17, 15) is 23.5 Å². The van der Waals surface area contributed by atoms with Crippen molar-refractivity contribution in [2.24, 2.45) is 5.41 Å². The van der Waals surface area contributed by atoms with E-state index in [0.29, 0.717) is 46.1 Å². The number of aromatic carboxylic acids is 1. The number of carbonyl (C=O) groups is 1. The summed E-state index contributed by atoms with van der Waals surface area (Å²) in [5, 5.41) is 10.0. The third-order valence-electron chi connectivity index (χ3n) is 7.63. The number of hydrogen-bond acceptors (Lipinski definition) is 7. The highest BCUT2D eigenvalue weighted by molar-refractivity contribution is 5.88. The van der Waals surface area contributed by atoms with Gasteiger partial charge < -0.3 is 28.6 Å². The quantitative estimate of drug-likeness (QED) is 0.300. The molecule has 1 aromatic carbocycles. The Morgan fingerprint density at radius 3 is 2.36 bits per heavy atom. The number of methoxy groups -OCH3 is 3. The van der Waals surface area contributed by atoms with Crippen LogP contribution in [0.15, 0.2) is 41.3 Å². The molecule has 0 aliphatic heterocycles. The van der Waals surface area contributed by atoms with Crippen LogP contribution in [0.1, 0.15) is 53.9 Å². The predicted molar refractivity (Wildman–Crippen MR) is 150 cm³/mol. The molecule has 1 aliphatic carbocycles. The lowest BCUT2D eigenvalue weighted by atomic mass is 9.70. The molecule has 0 fully saturated rings. The van der Waals surface area contributed by atoms with Gasteiger partial charge in [-0.15, -0.1) is 0 Å². The number of halogens is 2. The fourth-order valence-electron chi connectivity index (χ4n) is 5.57. The molecule has 0 bridgehead atoms. The number of pyridine rings is 2. The first-order chi connectivity index (χ1) is 19.9. The first-order valence-electron chi connectivity index (χ1n) is 13.1. The molecule has 5 rings (SSSR count). The normalized spacial score (nSPS) is 14.5. The zero-order valence-corrected chi connectivity index (χ0v) is 24.0. The van der Waals surface area contributed by atoms with Crippen molar-refractivity contribution in [3.8, 4) is 34.4 Å².